The molecule has 2 atom stereocenters. The summed E-state index contributed by atoms with van der Waals surface area (Å²) in [6.07, 6.45) is 0. The van der Waals surface area contributed by atoms with Gasteiger partial charge >= 0.3 is 5.97 Å². The van der Waals surface area contributed by atoms with Gasteiger partial charge in [0, 0.05) is 10.5 Å². The van der Waals surface area contributed by atoms with Crippen LogP contribution in [-0.2, 0) is 4.79 Å². The molecule has 0 aromatic heterocycles. The fraction of sp³-hybridized carbons (Fsp3) is 0.263. The normalized spacial score (nSPS) is 12.9. The van der Waals surface area contributed by atoms with Crippen molar-refractivity contribution in [1.29, 1.82) is 0 Å². The van der Waals surface area contributed by atoms with E-state index in [4.69, 9.17) is 9.84 Å². The number of carbonyl (C=O) groups is 2. The Balaban J connectivity index is 2.19. The first-order chi connectivity index (χ1) is 11.9. The summed E-state index contributed by atoms with van der Waals surface area (Å²) < 4.78 is 5.34. The van der Waals surface area contributed by atoms with Crippen molar-refractivity contribution in [1.82, 2.24) is 5.32 Å². The Labute approximate surface area is 151 Å². The molecule has 5 nitrogen and oxygen atoms in total. The third-order valence-electron chi connectivity index (χ3n) is 3.74. The van der Waals surface area contributed by atoms with E-state index < -0.39 is 11.2 Å². The minimum Gasteiger partial charge on any atom is -0.496 e. The van der Waals surface area contributed by atoms with Crippen LogP contribution in [0.15, 0.2) is 53.4 Å². The summed E-state index contributed by atoms with van der Waals surface area (Å²) in [4.78, 5) is 24.4. The molecule has 0 saturated heterocycles. The molecule has 132 valence electrons. The number of rotatable bonds is 7. The van der Waals surface area contributed by atoms with Crippen molar-refractivity contribution in [2.24, 2.45) is 0 Å². The van der Waals surface area contributed by atoms with Crippen LogP contribution in [0.25, 0.3) is 0 Å². The van der Waals surface area contributed by atoms with Crippen molar-refractivity contribution < 1.29 is 19.4 Å². The molecule has 0 aliphatic heterocycles. The molecule has 25 heavy (non-hydrogen) atoms. The van der Waals surface area contributed by atoms with Crippen molar-refractivity contribution in [2.75, 3.05) is 7.11 Å². The molecule has 0 heterocycles. The lowest BCUT2D eigenvalue weighted by molar-refractivity contribution is -0.136. The minimum absolute atomic E-state index is 0.251. The highest BCUT2D eigenvalue weighted by molar-refractivity contribution is 8.00. The number of ether oxygens (including phenoxy) is 1. The Bertz CT molecular complexity index is 763. The van der Waals surface area contributed by atoms with E-state index in [1.54, 1.807) is 38.3 Å². The zero-order valence-electron chi connectivity index (χ0n) is 14.4. The Hall–Kier alpha value is -2.47. The molecule has 2 N–H and O–H groups in total. The van der Waals surface area contributed by atoms with Crippen LogP contribution in [0, 0.1) is 0 Å². The van der Waals surface area contributed by atoms with Gasteiger partial charge in [-0.2, -0.15) is 0 Å². The number of para-hydroxylation sites is 1. The lowest BCUT2D eigenvalue weighted by Crippen LogP contribution is -2.27. The van der Waals surface area contributed by atoms with Crippen LogP contribution >= 0.6 is 11.8 Å². The number of carboxylic acids is 1. The average molecular weight is 359 g/mol. The second kappa shape index (κ2) is 8.58. The van der Waals surface area contributed by atoms with Crippen LogP contribution in [0.5, 0.6) is 5.75 Å². The van der Waals surface area contributed by atoms with Crippen LogP contribution in [-0.4, -0.2) is 29.3 Å². The minimum atomic E-state index is -0.914. The number of methoxy groups -OCH3 is 1. The fourth-order valence-corrected chi connectivity index (χ4v) is 3.30. The predicted octanol–water partition coefficient (Wildman–Crippen LogP) is 3.75. The number of benzene rings is 2. The monoisotopic (exact) mass is 359 g/mol. The molecule has 2 aromatic carbocycles. The van der Waals surface area contributed by atoms with Crippen molar-refractivity contribution in [2.45, 2.75) is 30.0 Å². The first kappa shape index (κ1) is 18.9. The zero-order chi connectivity index (χ0) is 18.4. The van der Waals surface area contributed by atoms with Crippen molar-refractivity contribution >= 4 is 23.6 Å². The highest BCUT2D eigenvalue weighted by Crippen LogP contribution is 2.28. The van der Waals surface area contributed by atoms with E-state index in [-0.39, 0.29) is 11.9 Å². The standard InChI is InChI=1S/C19H21NO4S/c1-12(14-8-4-6-10-16(14)24-3)20-18(21)15-9-5-7-11-17(15)25-13(2)19(22)23/h4-13H,1-3H3,(H,20,21)(H,22,23). The number of nitrogens with one attached hydrogen (secondary N) is 1. The first-order valence-corrected chi connectivity index (χ1v) is 8.74. The lowest BCUT2D eigenvalue weighted by Gasteiger charge is -2.18. The fourth-order valence-electron chi connectivity index (χ4n) is 2.37. The van der Waals surface area contributed by atoms with Gasteiger partial charge in [-0.1, -0.05) is 30.3 Å². The topological polar surface area (TPSA) is 75.6 Å². The summed E-state index contributed by atoms with van der Waals surface area (Å²) in [5.74, 6) is -0.459. The number of carbonyl (C=O) groups excluding carboxylic acids is 1. The summed E-state index contributed by atoms with van der Waals surface area (Å²) in [6, 6.07) is 14.3. The molecule has 2 rings (SSSR count). The lowest BCUT2D eigenvalue weighted by atomic mass is 10.1. The summed E-state index contributed by atoms with van der Waals surface area (Å²) in [6.45, 7) is 3.48. The van der Waals surface area contributed by atoms with Gasteiger partial charge in [0.05, 0.1) is 18.7 Å². The van der Waals surface area contributed by atoms with Gasteiger partial charge in [-0.15, -0.1) is 11.8 Å². The smallest absolute Gasteiger partial charge is 0.316 e. The van der Waals surface area contributed by atoms with Gasteiger partial charge in [0.25, 0.3) is 5.91 Å². The molecule has 0 aliphatic rings. The quantitative estimate of drug-likeness (QED) is 0.737. The Kier molecular flexibility index (Phi) is 6.47. The summed E-state index contributed by atoms with van der Waals surface area (Å²) >= 11 is 1.15. The third-order valence-corrected chi connectivity index (χ3v) is 4.90. The second-order valence-corrected chi connectivity index (χ2v) is 6.91. The van der Waals surface area contributed by atoms with E-state index in [0.29, 0.717) is 16.2 Å². The van der Waals surface area contributed by atoms with Gasteiger partial charge in [0.1, 0.15) is 11.0 Å². The summed E-state index contributed by atoms with van der Waals surface area (Å²) in [5, 5.41) is 11.4. The molecule has 0 radical (unpaired) electrons. The predicted molar refractivity (Wildman–Crippen MR) is 98.3 cm³/mol. The Morgan fingerprint density at radius 3 is 2.40 bits per heavy atom. The first-order valence-electron chi connectivity index (χ1n) is 7.86. The highest BCUT2D eigenvalue weighted by Gasteiger charge is 2.20. The van der Waals surface area contributed by atoms with Gasteiger partial charge in [0.2, 0.25) is 0 Å². The van der Waals surface area contributed by atoms with E-state index in [0.717, 1.165) is 17.3 Å². The van der Waals surface area contributed by atoms with Crippen molar-refractivity contribution in [3.8, 4) is 5.75 Å². The number of amides is 1. The number of aliphatic carboxylic acids is 1. The van der Waals surface area contributed by atoms with Crippen LogP contribution < -0.4 is 10.1 Å². The molecule has 0 bridgehead atoms. The van der Waals surface area contributed by atoms with Gasteiger partial charge in [0.15, 0.2) is 0 Å². The van der Waals surface area contributed by atoms with Crippen LogP contribution in [0.1, 0.15) is 35.8 Å². The van der Waals surface area contributed by atoms with Crippen molar-refractivity contribution in [3.63, 3.8) is 0 Å². The molecular formula is C19H21NO4S. The summed E-state index contributed by atoms with van der Waals surface area (Å²) in [5.41, 5.74) is 1.34. The molecule has 0 spiro atoms. The van der Waals surface area contributed by atoms with Crippen LogP contribution in [0.3, 0.4) is 0 Å². The molecule has 0 aliphatic carbocycles. The van der Waals surface area contributed by atoms with E-state index in [9.17, 15) is 9.59 Å². The molecule has 1 amide bonds. The third kappa shape index (κ3) is 4.76. The van der Waals surface area contributed by atoms with Crippen molar-refractivity contribution in [3.05, 3.63) is 59.7 Å². The Morgan fingerprint density at radius 2 is 1.72 bits per heavy atom. The van der Waals surface area contributed by atoms with Gasteiger partial charge in [-0.3, -0.25) is 9.59 Å². The molecule has 0 fully saturated rings. The molecule has 2 unspecified atom stereocenters. The second-order valence-electron chi connectivity index (χ2n) is 5.53. The van der Waals surface area contributed by atoms with E-state index in [1.165, 1.54) is 0 Å². The Morgan fingerprint density at radius 1 is 1.08 bits per heavy atom. The maximum atomic E-state index is 12.7. The van der Waals surface area contributed by atoms with Crippen LogP contribution in [0.2, 0.25) is 0 Å². The summed E-state index contributed by atoms with van der Waals surface area (Å²) in [7, 11) is 1.59. The maximum Gasteiger partial charge on any atom is 0.316 e. The van der Waals surface area contributed by atoms with E-state index in [1.807, 2.05) is 31.2 Å². The maximum absolute atomic E-state index is 12.7. The SMILES string of the molecule is COc1ccccc1C(C)NC(=O)c1ccccc1SC(C)C(=O)O. The van der Waals surface area contributed by atoms with Gasteiger partial charge in [-0.25, -0.2) is 0 Å². The number of hydrogen-bond donors (Lipinski definition) is 2. The molecule has 0 saturated carbocycles. The van der Waals surface area contributed by atoms with Crippen LogP contribution in [0.4, 0.5) is 0 Å². The number of thioether (sulfide) groups is 1. The average Bonchev–Trinajstić information content (AvgIpc) is 2.61. The highest BCUT2D eigenvalue weighted by atomic mass is 32.2. The molecular weight excluding hydrogens is 338 g/mol. The number of carboxylic acid groups (broad SMARTS) is 1. The zero-order valence-corrected chi connectivity index (χ0v) is 15.2. The largest absolute Gasteiger partial charge is 0.496 e. The van der Waals surface area contributed by atoms with E-state index in [2.05, 4.69) is 5.32 Å². The van der Waals surface area contributed by atoms with E-state index >= 15 is 0 Å². The van der Waals surface area contributed by atoms with Gasteiger partial charge in [-0.05, 0) is 32.0 Å². The molecule has 2 aromatic rings. The van der Waals surface area contributed by atoms with Gasteiger partial charge < -0.3 is 15.2 Å². The number of hydrogen-bond acceptors (Lipinski definition) is 4. The molecule has 6 heteroatoms.